The summed E-state index contributed by atoms with van der Waals surface area (Å²) in [5, 5.41) is 0. The van der Waals surface area contributed by atoms with Crippen molar-refractivity contribution in [2.45, 2.75) is 26.6 Å². The Balaban J connectivity index is 2.35. The van der Waals surface area contributed by atoms with Crippen LogP contribution in [0.3, 0.4) is 0 Å². The van der Waals surface area contributed by atoms with Gasteiger partial charge in [0.15, 0.2) is 0 Å². The molecule has 0 atom stereocenters. The van der Waals surface area contributed by atoms with E-state index in [2.05, 4.69) is 63.0 Å². The van der Waals surface area contributed by atoms with Gasteiger partial charge in [-0.2, -0.15) is 0 Å². The fourth-order valence-electron chi connectivity index (χ4n) is 1.61. The normalized spacial score (nSPS) is 11.8. The van der Waals surface area contributed by atoms with Crippen LogP contribution in [-0.4, -0.2) is 8.07 Å². The van der Waals surface area contributed by atoms with E-state index in [0.717, 1.165) is 0 Å². The fourth-order valence-corrected chi connectivity index (χ4v) is 4.51. The van der Waals surface area contributed by atoms with Crippen molar-refractivity contribution in [2.75, 3.05) is 0 Å². The molecule has 0 aliphatic carbocycles. The monoisotopic (exact) mass is 246 g/mol. The van der Waals surface area contributed by atoms with Crippen LogP contribution in [0.1, 0.15) is 5.56 Å². The zero-order chi connectivity index (χ0) is 11.8. The quantitative estimate of drug-likeness (QED) is 0.694. The minimum Gasteiger partial charge on any atom is -0.145 e. The van der Waals surface area contributed by atoms with Gasteiger partial charge in [0.05, 0.1) is 8.07 Å². The van der Waals surface area contributed by atoms with Crippen LogP contribution in [0.5, 0.6) is 0 Å². The van der Waals surface area contributed by atoms with Gasteiger partial charge in [0.25, 0.3) is 0 Å². The smallest absolute Gasteiger partial charge is 0.0904 e. The van der Waals surface area contributed by atoms with E-state index in [9.17, 15) is 0 Å². The van der Waals surface area contributed by atoms with E-state index in [1.807, 2.05) is 11.3 Å². The summed E-state index contributed by atoms with van der Waals surface area (Å²) >= 11 is 1.96. The molecule has 2 rings (SSSR count). The van der Waals surface area contributed by atoms with Gasteiger partial charge in [-0.05, 0) is 23.1 Å². The maximum absolute atomic E-state index is 2.40. The van der Waals surface area contributed by atoms with Crippen molar-refractivity contribution in [3.63, 3.8) is 0 Å². The van der Waals surface area contributed by atoms with Crippen LogP contribution in [0.2, 0.25) is 19.6 Å². The summed E-state index contributed by atoms with van der Waals surface area (Å²) in [5.41, 5.74) is 2.67. The van der Waals surface area contributed by atoms with E-state index in [0.29, 0.717) is 0 Å². The second-order valence-corrected chi connectivity index (χ2v) is 11.8. The molecule has 0 saturated heterocycles. The summed E-state index contributed by atoms with van der Waals surface area (Å²) in [4.78, 5) is 1.40. The molecule has 0 radical (unpaired) electrons. The number of benzene rings is 1. The van der Waals surface area contributed by atoms with Crippen molar-refractivity contribution in [3.8, 4) is 10.4 Å². The molecule has 0 spiro atoms. The zero-order valence-electron chi connectivity index (χ0n) is 10.4. The summed E-state index contributed by atoms with van der Waals surface area (Å²) in [5.74, 6) is 0. The predicted octanol–water partition coefficient (Wildman–Crippen LogP) is 4.27. The third-order valence-corrected chi connectivity index (χ3v) is 7.42. The Morgan fingerprint density at radius 3 is 2.00 bits per heavy atom. The standard InChI is InChI=1S/C14H18SSi/c1-11-5-7-12(8-6-11)13-9-10-14(15-13)16(2,3)4/h5-10H,1-4H3. The van der Waals surface area contributed by atoms with Crippen LogP contribution in [0.25, 0.3) is 10.4 Å². The lowest BCUT2D eigenvalue weighted by atomic mass is 10.1. The van der Waals surface area contributed by atoms with Crippen LogP contribution in [0.15, 0.2) is 36.4 Å². The molecule has 1 aromatic carbocycles. The van der Waals surface area contributed by atoms with Crippen molar-refractivity contribution < 1.29 is 0 Å². The highest BCUT2D eigenvalue weighted by Crippen LogP contribution is 2.25. The lowest BCUT2D eigenvalue weighted by molar-refractivity contribution is 1.48. The van der Waals surface area contributed by atoms with Gasteiger partial charge in [-0.1, -0.05) is 55.5 Å². The van der Waals surface area contributed by atoms with Crippen molar-refractivity contribution in [1.82, 2.24) is 0 Å². The van der Waals surface area contributed by atoms with Crippen LogP contribution in [-0.2, 0) is 0 Å². The molecule has 2 aromatic rings. The number of hydrogen-bond donors (Lipinski definition) is 0. The third-order valence-electron chi connectivity index (χ3n) is 2.68. The lowest BCUT2D eigenvalue weighted by Crippen LogP contribution is -2.34. The van der Waals surface area contributed by atoms with E-state index < -0.39 is 8.07 Å². The van der Waals surface area contributed by atoms with Crippen LogP contribution < -0.4 is 4.50 Å². The average molecular weight is 246 g/mol. The molecule has 16 heavy (non-hydrogen) atoms. The van der Waals surface area contributed by atoms with Gasteiger partial charge < -0.3 is 0 Å². The Kier molecular flexibility index (Phi) is 3.04. The van der Waals surface area contributed by atoms with Gasteiger partial charge in [0, 0.05) is 4.88 Å². The lowest BCUT2D eigenvalue weighted by Gasteiger charge is -2.12. The van der Waals surface area contributed by atoms with Crippen molar-refractivity contribution >= 4 is 23.9 Å². The van der Waals surface area contributed by atoms with Crippen molar-refractivity contribution in [1.29, 1.82) is 0 Å². The van der Waals surface area contributed by atoms with E-state index in [1.165, 1.54) is 16.0 Å². The largest absolute Gasteiger partial charge is 0.145 e. The van der Waals surface area contributed by atoms with E-state index >= 15 is 0 Å². The highest BCUT2D eigenvalue weighted by atomic mass is 32.1. The van der Waals surface area contributed by atoms with Gasteiger partial charge in [-0.3, -0.25) is 0 Å². The van der Waals surface area contributed by atoms with Gasteiger partial charge in [-0.25, -0.2) is 0 Å². The highest BCUT2D eigenvalue weighted by molar-refractivity contribution is 7.28. The predicted molar refractivity (Wildman–Crippen MR) is 77.5 cm³/mol. The molecule has 2 heteroatoms. The van der Waals surface area contributed by atoms with Crippen molar-refractivity contribution in [3.05, 3.63) is 42.0 Å². The fraction of sp³-hybridized carbons (Fsp3) is 0.286. The number of thiophene rings is 1. The Morgan fingerprint density at radius 1 is 0.875 bits per heavy atom. The molecule has 0 fully saturated rings. The average Bonchev–Trinajstić information content (AvgIpc) is 2.67. The summed E-state index contributed by atoms with van der Waals surface area (Å²) < 4.78 is 1.59. The first kappa shape index (κ1) is 11.6. The first-order valence-electron chi connectivity index (χ1n) is 5.64. The van der Waals surface area contributed by atoms with Crippen molar-refractivity contribution in [2.24, 2.45) is 0 Å². The molecular weight excluding hydrogens is 228 g/mol. The second-order valence-electron chi connectivity index (χ2n) is 5.28. The summed E-state index contributed by atoms with van der Waals surface area (Å²) in [6.45, 7) is 9.33. The minimum absolute atomic E-state index is 1.14. The Morgan fingerprint density at radius 2 is 1.50 bits per heavy atom. The molecule has 0 amide bonds. The summed E-state index contributed by atoms with van der Waals surface area (Å²) in [6.07, 6.45) is 0. The Labute approximate surface area is 103 Å². The minimum atomic E-state index is -1.14. The van der Waals surface area contributed by atoms with Crippen LogP contribution >= 0.6 is 11.3 Å². The van der Waals surface area contributed by atoms with Crippen LogP contribution in [0, 0.1) is 6.92 Å². The number of aryl methyl sites for hydroxylation is 1. The molecule has 0 aliphatic rings. The van der Waals surface area contributed by atoms with E-state index in [4.69, 9.17) is 0 Å². The Bertz CT molecular complexity index is 474. The first-order chi connectivity index (χ1) is 7.47. The molecule has 0 nitrogen and oxygen atoms in total. The van der Waals surface area contributed by atoms with Gasteiger partial charge in [0.2, 0.25) is 0 Å². The summed E-state index contributed by atoms with van der Waals surface area (Å²) in [6, 6.07) is 13.4. The van der Waals surface area contributed by atoms with E-state index in [-0.39, 0.29) is 0 Å². The summed E-state index contributed by atoms with van der Waals surface area (Å²) in [7, 11) is -1.14. The van der Waals surface area contributed by atoms with E-state index in [1.54, 1.807) is 4.50 Å². The maximum Gasteiger partial charge on any atom is 0.0904 e. The second kappa shape index (κ2) is 4.19. The molecule has 0 unspecified atom stereocenters. The number of rotatable bonds is 2. The molecule has 1 aromatic heterocycles. The SMILES string of the molecule is Cc1ccc(-c2ccc([Si](C)(C)C)s2)cc1. The highest BCUT2D eigenvalue weighted by Gasteiger charge is 2.18. The molecule has 84 valence electrons. The topological polar surface area (TPSA) is 0 Å². The third kappa shape index (κ3) is 2.44. The molecule has 0 aliphatic heterocycles. The Hall–Kier alpha value is -0.863. The van der Waals surface area contributed by atoms with Crippen LogP contribution in [0.4, 0.5) is 0 Å². The number of hydrogen-bond acceptors (Lipinski definition) is 1. The van der Waals surface area contributed by atoms with Gasteiger partial charge in [0.1, 0.15) is 0 Å². The maximum atomic E-state index is 2.40. The molecule has 0 N–H and O–H groups in total. The molecular formula is C14H18SSi. The molecule has 1 heterocycles. The zero-order valence-corrected chi connectivity index (χ0v) is 12.2. The molecule has 0 saturated carbocycles. The first-order valence-corrected chi connectivity index (χ1v) is 9.96. The van der Waals surface area contributed by atoms with Gasteiger partial charge in [-0.15, -0.1) is 11.3 Å². The van der Waals surface area contributed by atoms with Gasteiger partial charge >= 0.3 is 0 Å². The molecule has 0 bridgehead atoms.